The lowest BCUT2D eigenvalue weighted by molar-refractivity contribution is -0.152. The van der Waals surface area contributed by atoms with Crippen LogP contribution in [0.1, 0.15) is 23.5 Å². The van der Waals surface area contributed by atoms with Gasteiger partial charge < -0.3 is 9.64 Å². The molecule has 0 aromatic heterocycles. The van der Waals surface area contributed by atoms with Gasteiger partial charge in [0.2, 0.25) is 5.91 Å². The van der Waals surface area contributed by atoms with Crippen LogP contribution in [0.25, 0.3) is 0 Å². The SMILES string of the molecule is COC(=O)[C@@H]1CN(Cc2ccccc2)C(=O)C[C@H]1c1cc(F)c(F)cc1F. The summed E-state index contributed by atoms with van der Waals surface area (Å²) in [6.45, 7) is 0.295. The zero-order valence-corrected chi connectivity index (χ0v) is 14.6. The molecule has 1 amide bonds. The molecule has 3 rings (SSSR count). The molecule has 1 aliphatic heterocycles. The van der Waals surface area contributed by atoms with E-state index in [9.17, 15) is 22.8 Å². The summed E-state index contributed by atoms with van der Waals surface area (Å²) < 4.78 is 45.9. The molecular formula is C20H18F3NO3. The lowest BCUT2D eigenvalue weighted by atomic mass is 9.79. The average Bonchev–Trinajstić information content (AvgIpc) is 2.66. The Morgan fingerprint density at radius 3 is 2.44 bits per heavy atom. The van der Waals surface area contributed by atoms with Crippen molar-refractivity contribution in [3.05, 3.63) is 71.0 Å². The summed E-state index contributed by atoms with van der Waals surface area (Å²) in [5.41, 5.74) is 0.684. The molecule has 1 fully saturated rings. The third-order valence-corrected chi connectivity index (χ3v) is 4.81. The molecule has 7 heteroatoms. The first-order chi connectivity index (χ1) is 12.9. The van der Waals surface area contributed by atoms with E-state index in [0.29, 0.717) is 18.7 Å². The minimum absolute atomic E-state index is 0.00348. The van der Waals surface area contributed by atoms with Crippen molar-refractivity contribution in [1.29, 1.82) is 0 Å². The lowest BCUT2D eigenvalue weighted by Gasteiger charge is -2.37. The number of nitrogens with zero attached hydrogens (tertiary/aromatic N) is 1. The minimum atomic E-state index is -1.32. The molecule has 0 aliphatic carbocycles. The number of amides is 1. The Bertz CT molecular complexity index is 857. The summed E-state index contributed by atoms with van der Waals surface area (Å²) >= 11 is 0. The van der Waals surface area contributed by atoms with E-state index in [4.69, 9.17) is 4.74 Å². The summed E-state index contributed by atoms with van der Waals surface area (Å²) in [7, 11) is 1.19. The number of methoxy groups -OCH3 is 1. The maximum atomic E-state index is 14.2. The van der Waals surface area contributed by atoms with E-state index in [-0.39, 0.29) is 24.4 Å². The molecule has 142 valence electrons. The van der Waals surface area contributed by atoms with E-state index in [2.05, 4.69) is 0 Å². The topological polar surface area (TPSA) is 46.6 Å². The van der Waals surface area contributed by atoms with Gasteiger partial charge in [-0.3, -0.25) is 9.59 Å². The molecule has 1 heterocycles. The number of benzene rings is 2. The number of hydrogen-bond donors (Lipinski definition) is 0. The smallest absolute Gasteiger partial charge is 0.311 e. The number of hydrogen-bond acceptors (Lipinski definition) is 3. The minimum Gasteiger partial charge on any atom is -0.469 e. The van der Waals surface area contributed by atoms with Gasteiger partial charge in [0.25, 0.3) is 0 Å². The highest BCUT2D eigenvalue weighted by molar-refractivity contribution is 5.83. The number of likely N-dealkylation sites (tertiary alicyclic amines) is 1. The van der Waals surface area contributed by atoms with Crippen LogP contribution in [-0.4, -0.2) is 30.4 Å². The standard InChI is InChI=1S/C20H18F3NO3/c1-27-20(26)15-11-24(10-12-5-3-2-4-6-12)19(25)8-13(15)14-7-17(22)18(23)9-16(14)21/h2-7,9,13,15H,8,10-11H2,1H3/t13-,15+/m0/s1. The van der Waals surface area contributed by atoms with Crippen LogP contribution in [0.3, 0.4) is 0 Å². The van der Waals surface area contributed by atoms with E-state index in [1.807, 2.05) is 30.3 Å². The van der Waals surface area contributed by atoms with Crippen molar-refractivity contribution in [1.82, 2.24) is 4.90 Å². The largest absolute Gasteiger partial charge is 0.469 e. The monoisotopic (exact) mass is 377 g/mol. The highest BCUT2D eigenvalue weighted by Gasteiger charge is 2.41. The Morgan fingerprint density at radius 2 is 1.78 bits per heavy atom. The number of rotatable bonds is 4. The predicted molar refractivity (Wildman–Crippen MR) is 91.0 cm³/mol. The molecule has 27 heavy (non-hydrogen) atoms. The van der Waals surface area contributed by atoms with E-state index in [1.54, 1.807) is 0 Å². The van der Waals surface area contributed by atoms with E-state index in [1.165, 1.54) is 12.0 Å². The summed E-state index contributed by atoms with van der Waals surface area (Å²) in [6, 6.07) is 10.4. The van der Waals surface area contributed by atoms with Crippen LogP contribution >= 0.6 is 0 Å². The second-order valence-electron chi connectivity index (χ2n) is 6.49. The van der Waals surface area contributed by atoms with Gasteiger partial charge >= 0.3 is 5.97 Å². The van der Waals surface area contributed by atoms with Gasteiger partial charge in [0.1, 0.15) is 5.82 Å². The van der Waals surface area contributed by atoms with Gasteiger partial charge in [0.05, 0.1) is 13.0 Å². The molecule has 2 aromatic rings. The fraction of sp³-hybridized carbons (Fsp3) is 0.300. The molecule has 2 atom stereocenters. The van der Waals surface area contributed by atoms with E-state index in [0.717, 1.165) is 5.56 Å². The molecule has 1 aliphatic rings. The lowest BCUT2D eigenvalue weighted by Crippen LogP contribution is -2.46. The Labute approximate surface area is 154 Å². The third kappa shape index (κ3) is 3.97. The Hall–Kier alpha value is -2.83. The van der Waals surface area contributed by atoms with Gasteiger partial charge in [0, 0.05) is 31.5 Å². The maximum absolute atomic E-state index is 14.2. The summed E-state index contributed by atoms with van der Waals surface area (Å²) in [4.78, 5) is 26.3. The van der Waals surface area contributed by atoms with E-state index < -0.39 is 35.3 Å². The second-order valence-corrected chi connectivity index (χ2v) is 6.49. The van der Waals surface area contributed by atoms with Crippen molar-refractivity contribution >= 4 is 11.9 Å². The number of ether oxygens (including phenoxy) is 1. The molecule has 0 unspecified atom stereocenters. The van der Waals surface area contributed by atoms with Gasteiger partial charge in [-0.2, -0.15) is 0 Å². The van der Waals surface area contributed by atoms with Crippen LogP contribution in [0.2, 0.25) is 0 Å². The number of piperidine rings is 1. The number of halogens is 3. The highest BCUT2D eigenvalue weighted by Crippen LogP contribution is 2.37. The van der Waals surface area contributed by atoms with Crippen LogP contribution in [0.15, 0.2) is 42.5 Å². The number of carbonyl (C=O) groups excluding carboxylic acids is 2. The summed E-state index contributed by atoms with van der Waals surface area (Å²) in [6.07, 6.45) is -0.200. The molecule has 0 radical (unpaired) electrons. The number of carbonyl (C=O) groups is 2. The van der Waals surface area contributed by atoms with Crippen LogP contribution in [0, 0.1) is 23.4 Å². The van der Waals surface area contributed by atoms with Crippen molar-refractivity contribution in [2.24, 2.45) is 5.92 Å². The van der Waals surface area contributed by atoms with E-state index >= 15 is 0 Å². The zero-order valence-electron chi connectivity index (χ0n) is 14.6. The van der Waals surface area contributed by atoms with Crippen LogP contribution in [-0.2, 0) is 20.9 Å². The molecule has 1 saturated heterocycles. The van der Waals surface area contributed by atoms with Crippen LogP contribution in [0.4, 0.5) is 13.2 Å². The highest BCUT2D eigenvalue weighted by atomic mass is 19.2. The molecule has 0 bridgehead atoms. The Morgan fingerprint density at radius 1 is 1.11 bits per heavy atom. The normalized spacial score (nSPS) is 19.9. The Kier molecular flexibility index (Phi) is 5.48. The van der Waals surface area contributed by atoms with Gasteiger partial charge in [-0.1, -0.05) is 30.3 Å². The van der Waals surface area contributed by atoms with Gasteiger partial charge in [-0.15, -0.1) is 0 Å². The van der Waals surface area contributed by atoms with Gasteiger partial charge in [-0.25, -0.2) is 13.2 Å². The van der Waals surface area contributed by atoms with Crippen molar-refractivity contribution in [3.8, 4) is 0 Å². The van der Waals surface area contributed by atoms with Crippen molar-refractivity contribution in [3.63, 3.8) is 0 Å². The first kappa shape index (κ1) is 18.9. The van der Waals surface area contributed by atoms with Crippen molar-refractivity contribution in [2.45, 2.75) is 18.9 Å². The van der Waals surface area contributed by atoms with Crippen LogP contribution in [0.5, 0.6) is 0 Å². The maximum Gasteiger partial charge on any atom is 0.311 e. The van der Waals surface area contributed by atoms with Crippen LogP contribution < -0.4 is 0 Å². The molecule has 0 spiro atoms. The molecule has 0 N–H and O–H groups in total. The Balaban J connectivity index is 1.91. The first-order valence-electron chi connectivity index (χ1n) is 8.44. The molecule has 2 aromatic carbocycles. The molecule has 0 saturated carbocycles. The predicted octanol–water partition coefficient (Wildman–Crippen LogP) is 3.41. The van der Waals surface area contributed by atoms with Crippen molar-refractivity contribution < 1.29 is 27.5 Å². The fourth-order valence-electron chi connectivity index (χ4n) is 3.42. The quantitative estimate of drug-likeness (QED) is 0.606. The number of esters is 1. The summed E-state index contributed by atoms with van der Waals surface area (Å²) in [5, 5.41) is 0. The third-order valence-electron chi connectivity index (χ3n) is 4.81. The van der Waals surface area contributed by atoms with Gasteiger partial charge in [-0.05, 0) is 17.2 Å². The average molecular weight is 377 g/mol. The summed E-state index contributed by atoms with van der Waals surface area (Å²) in [5.74, 6) is -6.27. The molecular weight excluding hydrogens is 359 g/mol. The zero-order chi connectivity index (χ0) is 19.6. The molecule has 4 nitrogen and oxygen atoms in total. The second kappa shape index (κ2) is 7.82. The van der Waals surface area contributed by atoms with Gasteiger partial charge in [0.15, 0.2) is 11.6 Å². The first-order valence-corrected chi connectivity index (χ1v) is 8.44. The van der Waals surface area contributed by atoms with Crippen molar-refractivity contribution in [2.75, 3.05) is 13.7 Å². The fourth-order valence-corrected chi connectivity index (χ4v) is 3.42.